The fraction of sp³-hybridized carbons (Fsp3) is 1.00. The highest BCUT2D eigenvalue weighted by Crippen LogP contribution is 2.49. The van der Waals surface area contributed by atoms with Crippen molar-refractivity contribution >= 4 is 0 Å². The second-order valence-corrected chi connectivity index (χ2v) is 4.91. The van der Waals surface area contributed by atoms with Crippen LogP contribution in [0.15, 0.2) is 0 Å². The second-order valence-electron chi connectivity index (χ2n) is 4.91. The Hall–Kier alpha value is -0.0400. The maximum absolute atomic E-state index is 5.74. The van der Waals surface area contributed by atoms with Gasteiger partial charge >= 0.3 is 0 Å². The molecule has 2 atom stereocenters. The molecule has 1 nitrogen and oxygen atoms in total. The van der Waals surface area contributed by atoms with Crippen molar-refractivity contribution in [3.63, 3.8) is 0 Å². The van der Waals surface area contributed by atoms with Crippen LogP contribution in [0.25, 0.3) is 0 Å². The zero-order valence-electron chi connectivity index (χ0n) is 8.22. The second kappa shape index (κ2) is 2.78. The number of hydrogen-bond donors (Lipinski definition) is 1. The average molecular weight is 155 g/mol. The van der Waals surface area contributed by atoms with Crippen molar-refractivity contribution in [3.05, 3.63) is 0 Å². The summed E-state index contributed by atoms with van der Waals surface area (Å²) < 4.78 is 0. The highest BCUT2D eigenvalue weighted by atomic mass is 14.6. The molecule has 1 heteroatoms. The predicted molar refractivity (Wildman–Crippen MR) is 49.3 cm³/mol. The first kappa shape index (κ1) is 9.05. The van der Waals surface area contributed by atoms with Crippen LogP contribution >= 0.6 is 0 Å². The molecule has 0 saturated heterocycles. The average Bonchev–Trinajstić information content (AvgIpc) is 1.86. The van der Waals surface area contributed by atoms with Gasteiger partial charge < -0.3 is 5.73 Å². The van der Waals surface area contributed by atoms with Gasteiger partial charge in [0, 0.05) is 0 Å². The van der Waals surface area contributed by atoms with Gasteiger partial charge in [0.2, 0.25) is 0 Å². The lowest BCUT2D eigenvalue weighted by atomic mass is 9.56. The topological polar surface area (TPSA) is 26.0 Å². The van der Waals surface area contributed by atoms with E-state index in [1.54, 1.807) is 0 Å². The molecule has 0 bridgehead atoms. The lowest BCUT2D eigenvalue weighted by Crippen LogP contribution is -2.46. The lowest BCUT2D eigenvalue weighted by Gasteiger charge is -2.50. The number of nitrogens with two attached hydrogens (primary N) is 1. The van der Waals surface area contributed by atoms with E-state index in [4.69, 9.17) is 5.73 Å². The van der Waals surface area contributed by atoms with Crippen LogP contribution in [0.1, 0.15) is 34.1 Å². The number of rotatable bonds is 2. The maximum Gasteiger partial charge on any atom is -0.00230 e. The highest BCUT2D eigenvalue weighted by molar-refractivity contribution is 4.93. The van der Waals surface area contributed by atoms with E-state index in [0.717, 1.165) is 24.3 Å². The molecule has 0 aliphatic heterocycles. The van der Waals surface area contributed by atoms with Gasteiger partial charge in [0.25, 0.3) is 0 Å². The van der Waals surface area contributed by atoms with E-state index in [1.807, 2.05) is 0 Å². The molecule has 1 aliphatic rings. The van der Waals surface area contributed by atoms with Gasteiger partial charge in [-0.2, -0.15) is 0 Å². The largest absolute Gasteiger partial charge is 0.330 e. The van der Waals surface area contributed by atoms with Crippen LogP contribution in [-0.4, -0.2) is 6.54 Å². The minimum atomic E-state index is 0.358. The Morgan fingerprint density at radius 1 is 1.27 bits per heavy atom. The molecular formula is C10H21N. The summed E-state index contributed by atoms with van der Waals surface area (Å²) in [7, 11) is 0. The molecule has 2 N–H and O–H groups in total. The van der Waals surface area contributed by atoms with Crippen LogP contribution in [-0.2, 0) is 0 Å². The Kier molecular flexibility index (Phi) is 2.29. The van der Waals surface area contributed by atoms with E-state index < -0.39 is 0 Å². The normalized spacial score (nSPS) is 38.5. The quantitative estimate of drug-likeness (QED) is 0.650. The molecule has 1 saturated carbocycles. The van der Waals surface area contributed by atoms with E-state index in [2.05, 4.69) is 27.7 Å². The third-order valence-corrected chi connectivity index (χ3v) is 3.40. The minimum Gasteiger partial charge on any atom is -0.330 e. The summed E-state index contributed by atoms with van der Waals surface area (Å²) in [5, 5.41) is 0. The summed E-state index contributed by atoms with van der Waals surface area (Å²) in [6.07, 6.45) is 1.40. The van der Waals surface area contributed by atoms with Crippen molar-refractivity contribution < 1.29 is 0 Å². The molecule has 0 aromatic rings. The van der Waals surface area contributed by atoms with Gasteiger partial charge in [-0.3, -0.25) is 0 Å². The summed E-state index contributed by atoms with van der Waals surface area (Å²) in [4.78, 5) is 0. The summed E-state index contributed by atoms with van der Waals surface area (Å²) in [6, 6.07) is 0. The van der Waals surface area contributed by atoms with Crippen molar-refractivity contribution in [2.75, 3.05) is 6.54 Å². The summed E-state index contributed by atoms with van der Waals surface area (Å²) in [5.41, 5.74) is 6.10. The Balaban J connectivity index is 2.58. The predicted octanol–water partition coefficient (Wildman–Crippen LogP) is 2.26. The molecule has 1 rings (SSSR count). The summed E-state index contributed by atoms with van der Waals surface area (Å²) in [5.74, 6) is 2.64. The van der Waals surface area contributed by atoms with E-state index in [9.17, 15) is 0 Å². The van der Waals surface area contributed by atoms with Gasteiger partial charge in [0.05, 0.1) is 0 Å². The van der Waals surface area contributed by atoms with Gasteiger partial charge in [0.1, 0.15) is 0 Å². The molecule has 1 fully saturated rings. The highest BCUT2D eigenvalue weighted by Gasteiger charge is 2.43. The van der Waals surface area contributed by atoms with Gasteiger partial charge in [0.15, 0.2) is 0 Å². The summed E-state index contributed by atoms with van der Waals surface area (Å²) >= 11 is 0. The van der Waals surface area contributed by atoms with Crippen LogP contribution in [0.5, 0.6) is 0 Å². The molecule has 0 aromatic heterocycles. The van der Waals surface area contributed by atoms with E-state index in [1.165, 1.54) is 6.42 Å². The Bertz CT molecular complexity index is 132. The molecule has 0 heterocycles. The lowest BCUT2D eigenvalue weighted by molar-refractivity contribution is -0.00334. The Labute approximate surface area is 70.4 Å². The van der Waals surface area contributed by atoms with E-state index >= 15 is 0 Å². The Morgan fingerprint density at radius 3 is 1.91 bits per heavy atom. The fourth-order valence-electron chi connectivity index (χ4n) is 2.92. The van der Waals surface area contributed by atoms with Gasteiger partial charge in [-0.15, -0.1) is 0 Å². The zero-order chi connectivity index (χ0) is 8.65. The first-order chi connectivity index (χ1) is 4.99. The van der Waals surface area contributed by atoms with Crippen molar-refractivity contribution in [2.24, 2.45) is 28.9 Å². The number of hydrogen-bond acceptors (Lipinski definition) is 1. The Morgan fingerprint density at radius 2 is 1.73 bits per heavy atom. The summed E-state index contributed by atoms with van der Waals surface area (Å²) in [6.45, 7) is 10.1. The third kappa shape index (κ3) is 1.44. The third-order valence-electron chi connectivity index (χ3n) is 3.40. The molecular weight excluding hydrogens is 134 g/mol. The molecule has 0 spiro atoms. The molecule has 11 heavy (non-hydrogen) atoms. The van der Waals surface area contributed by atoms with Crippen molar-refractivity contribution in [1.29, 1.82) is 0 Å². The van der Waals surface area contributed by atoms with Crippen LogP contribution in [0.3, 0.4) is 0 Å². The van der Waals surface area contributed by atoms with Crippen LogP contribution < -0.4 is 5.73 Å². The van der Waals surface area contributed by atoms with Crippen LogP contribution in [0.4, 0.5) is 0 Å². The first-order valence-corrected chi connectivity index (χ1v) is 4.69. The van der Waals surface area contributed by atoms with Gasteiger partial charge in [-0.25, -0.2) is 0 Å². The molecule has 0 radical (unpaired) electrons. The van der Waals surface area contributed by atoms with Gasteiger partial charge in [-0.1, -0.05) is 27.7 Å². The standard InChI is InChI=1S/C10H21N/c1-7-5-8(2)9(7)10(3,4)6-11/h7-9H,5-6,11H2,1-4H3. The van der Waals surface area contributed by atoms with Gasteiger partial charge in [-0.05, 0) is 36.1 Å². The minimum absolute atomic E-state index is 0.358. The molecule has 1 aliphatic carbocycles. The van der Waals surface area contributed by atoms with Crippen molar-refractivity contribution in [3.8, 4) is 0 Å². The van der Waals surface area contributed by atoms with Crippen LogP contribution in [0, 0.1) is 23.2 Å². The molecule has 66 valence electrons. The first-order valence-electron chi connectivity index (χ1n) is 4.69. The van der Waals surface area contributed by atoms with Crippen molar-refractivity contribution in [2.45, 2.75) is 34.1 Å². The van der Waals surface area contributed by atoms with E-state index in [0.29, 0.717) is 5.41 Å². The zero-order valence-corrected chi connectivity index (χ0v) is 8.22. The monoisotopic (exact) mass is 155 g/mol. The van der Waals surface area contributed by atoms with E-state index in [-0.39, 0.29) is 0 Å². The fourth-order valence-corrected chi connectivity index (χ4v) is 2.92. The molecule has 0 aromatic carbocycles. The van der Waals surface area contributed by atoms with Crippen molar-refractivity contribution in [1.82, 2.24) is 0 Å². The smallest absolute Gasteiger partial charge is 0.00230 e. The molecule has 2 unspecified atom stereocenters. The SMILES string of the molecule is CC1CC(C)C1C(C)(C)CN. The molecule has 0 amide bonds. The maximum atomic E-state index is 5.74. The van der Waals surface area contributed by atoms with Crippen LogP contribution in [0.2, 0.25) is 0 Å².